The highest BCUT2D eigenvalue weighted by molar-refractivity contribution is 5.90. The van der Waals surface area contributed by atoms with E-state index in [2.05, 4.69) is 21.6 Å². The Balaban J connectivity index is 1.98. The predicted molar refractivity (Wildman–Crippen MR) is 69.1 cm³/mol. The lowest BCUT2D eigenvalue weighted by atomic mass is 10.2. The number of benzene rings is 1. The average Bonchev–Trinajstić information content (AvgIpc) is 2.39. The summed E-state index contributed by atoms with van der Waals surface area (Å²) in [6.45, 7) is 1.75. The van der Waals surface area contributed by atoms with Crippen LogP contribution in [0, 0.1) is 0 Å². The molecule has 0 amide bonds. The van der Waals surface area contributed by atoms with Gasteiger partial charge >= 0.3 is 0 Å². The molecule has 1 heterocycles. The fourth-order valence-corrected chi connectivity index (χ4v) is 1.74. The average molecular weight is 231 g/mol. The Morgan fingerprint density at radius 3 is 3.00 bits per heavy atom. The molecule has 0 spiro atoms. The van der Waals surface area contributed by atoms with Crippen molar-refractivity contribution in [3.8, 4) is 0 Å². The summed E-state index contributed by atoms with van der Waals surface area (Å²) >= 11 is 0. The molecular weight excluding hydrogens is 214 g/mol. The fourth-order valence-electron chi connectivity index (χ4n) is 1.74. The van der Waals surface area contributed by atoms with Crippen molar-refractivity contribution in [1.29, 1.82) is 0 Å². The molecule has 2 aromatic rings. The van der Waals surface area contributed by atoms with E-state index in [4.69, 9.17) is 4.74 Å². The fraction of sp³-hybridized carbons (Fsp3) is 0.385. The van der Waals surface area contributed by atoms with Crippen molar-refractivity contribution in [1.82, 2.24) is 10.2 Å². The molecule has 1 aromatic carbocycles. The van der Waals surface area contributed by atoms with Gasteiger partial charge in [-0.3, -0.25) is 0 Å². The summed E-state index contributed by atoms with van der Waals surface area (Å²) in [5, 5.41) is 12.6. The maximum absolute atomic E-state index is 5.01. The minimum absolute atomic E-state index is 0.816. The van der Waals surface area contributed by atoms with Crippen LogP contribution >= 0.6 is 0 Å². The molecule has 4 heteroatoms. The van der Waals surface area contributed by atoms with E-state index in [0.717, 1.165) is 42.6 Å². The molecule has 0 aliphatic carbocycles. The number of nitrogens with zero attached hydrogens (tertiary/aromatic N) is 2. The van der Waals surface area contributed by atoms with Crippen molar-refractivity contribution in [2.45, 2.75) is 12.8 Å². The van der Waals surface area contributed by atoms with Crippen LogP contribution in [0.4, 0.5) is 5.69 Å². The van der Waals surface area contributed by atoms with Crippen molar-refractivity contribution in [3.05, 3.63) is 30.5 Å². The van der Waals surface area contributed by atoms with Gasteiger partial charge in [0.25, 0.3) is 0 Å². The summed E-state index contributed by atoms with van der Waals surface area (Å²) in [6, 6.07) is 8.01. The van der Waals surface area contributed by atoms with E-state index in [0.29, 0.717) is 0 Å². The second-order valence-electron chi connectivity index (χ2n) is 3.90. The maximum Gasteiger partial charge on any atom is 0.0950 e. The minimum atomic E-state index is 0.816. The molecule has 1 aromatic heterocycles. The molecule has 0 atom stereocenters. The summed E-state index contributed by atoms with van der Waals surface area (Å²) in [5.41, 5.74) is 1.97. The Bertz CT molecular complexity index is 468. The Morgan fingerprint density at radius 1 is 1.24 bits per heavy atom. The zero-order chi connectivity index (χ0) is 11.9. The summed E-state index contributed by atoms with van der Waals surface area (Å²) in [4.78, 5) is 0. The normalized spacial score (nSPS) is 10.6. The highest BCUT2D eigenvalue weighted by Crippen LogP contribution is 2.19. The van der Waals surface area contributed by atoms with Gasteiger partial charge in [0, 0.05) is 25.6 Å². The van der Waals surface area contributed by atoms with Crippen LogP contribution in [0.1, 0.15) is 12.8 Å². The molecule has 0 saturated heterocycles. The van der Waals surface area contributed by atoms with E-state index in [1.165, 1.54) is 0 Å². The van der Waals surface area contributed by atoms with Gasteiger partial charge in [0.1, 0.15) is 0 Å². The molecule has 0 radical (unpaired) electrons. The number of hydrogen-bond acceptors (Lipinski definition) is 4. The number of methoxy groups -OCH3 is 1. The molecule has 0 bridgehead atoms. The molecular formula is C13H17N3O. The number of ether oxygens (including phenoxy) is 1. The summed E-state index contributed by atoms with van der Waals surface area (Å²) in [7, 11) is 1.73. The standard InChI is InChI=1S/C13H17N3O/c1-17-9-5-4-8-14-13-10-15-16-12-7-3-2-6-11(12)13/h2-3,6-7,10H,4-5,8-9H2,1H3,(H,14,16). The lowest BCUT2D eigenvalue weighted by Crippen LogP contribution is -2.04. The third-order valence-corrected chi connectivity index (χ3v) is 2.64. The van der Waals surface area contributed by atoms with Gasteiger partial charge in [-0.1, -0.05) is 18.2 Å². The van der Waals surface area contributed by atoms with Gasteiger partial charge in [0.2, 0.25) is 0 Å². The number of rotatable bonds is 6. The van der Waals surface area contributed by atoms with Crippen molar-refractivity contribution < 1.29 is 4.74 Å². The Kier molecular flexibility index (Phi) is 4.27. The van der Waals surface area contributed by atoms with Gasteiger partial charge in [-0.05, 0) is 18.9 Å². The van der Waals surface area contributed by atoms with Crippen molar-refractivity contribution in [2.24, 2.45) is 0 Å². The van der Waals surface area contributed by atoms with Crippen LogP contribution in [0.25, 0.3) is 10.9 Å². The second-order valence-corrected chi connectivity index (χ2v) is 3.90. The summed E-state index contributed by atoms with van der Waals surface area (Å²) in [6.07, 6.45) is 3.93. The van der Waals surface area contributed by atoms with Crippen LogP contribution in [-0.4, -0.2) is 30.5 Å². The number of anilines is 1. The molecule has 2 rings (SSSR count). The molecule has 17 heavy (non-hydrogen) atoms. The van der Waals surface area contributed by atoms with Gasteiger partial charge in [-0.15, -0.1) is 0 Å². The zero-order valence-electron chi connectivity index (χ0n) is 10.0. The lowest BCUT2D eigenvalue weighted by Gasteiger charge is -2.08. The third kappa shape index (κ3) is 3.14. The Labute approximate surface area is 101 Å². The first kappa shape index (κ1) is 11.8. The number of nitrogens with one attached hydrogen (secondary N) is 1. The first-order valence-electron chi connectivity index (χ1n) is 5.85. The van der Waals surface area contributed by atoms with Crippen molar-refractivity contribution in [3.63, 3.8) is 0 Å². The lowest BCUT2D eigenvalue weighted by molar-refractivity contribution is 0.194. The van der Waals surface area contributed by atoms with Crippen LogP contribution in [0.2, 0.25) is 0 Å². The van der Waals surface area contributed by atoms with E-state index in [-0.39, 0.29) is 0 Å². The Morgan fingerprint density at radius 2 is 2.12 bits per heavy atom. The van der Waals surface area contributed by atoms with Crippen LogP contribution in [0.15, 0.2) is 30.5 Å². The highest BCUT2D eigenvalue weighted by Gasteiger charge is 2.00. The van der Waals surface area contributed by atoms with Gasteiger partial charge in [-0.2, -0.15) is 10.2 Å². The highest BCUT2D eigenvalue weighted by atomic mass is 16.5. The molecule has 0 aliphatic rings. The van der Waals surface area contributed by atoms with E-state index >= 15 is 0 Å². The monoisotopic (exact) mass is 231 g/mol. The molecule has 4 nitrogen and oxygen atoms in total. The van der Waals surface area contributed by atoms with Crippen LogP contribution in [-0.2, 0) is 4.74 Å². The summed E-state index contributed by atoms with van der Waals surface area (Å²) in [5.74, 6) is 0. The summed E-state index contributed by atoms with van der Waals surface area (Å²) < 4.78 is 5.01. The zero-order valence-corrected chi connectivity index (χ0v) is 10.0. The van der Waals surface area contributed by atoms with E-state index in [1.54, 1.807) is 13.3 Å². The van der Waals surface area contributed by atoms with Crippen molar-refractivity contribution in [2.75, 3.05) is 25.6 Å². The molecule has 90 valence electrons. The van der Waals surface area contributed by atoms with Gasteiger partial charge in [0.05, 0.1) is 17.4 Å². The number of hydrogen-bond donors (Lipinski definition) is 1. The third-order valence-electron chi connectivity index (χ3n) is 2.64. The quantitative estimate of drug-likeness (QED) is 0.776. The number of unbranched alkanes of at least 4 members (excludes halogenated alkanes) is 1. The van der Waals surface area contributed by atoms with E-state index in [9.17, 15) is 0 Å². The van der Waals surface area contributed by atoms with Gasteiger partial charge < -0.3 is 10.1 Å². The number of aromatic nitrogens is 2. The van der Waals surface area contributed by atoms with Crippen LogP contribution < -0.4 is 5.32 Å². The number of fused-ring (bicyclic) bond motifs is 1. The molecule has 1 N–H and O–H groups in total. The van der Waals surface area contributed by atoms with E-state index in [1.807, 2.05) is 18.2 Å². The van der Waals surface area contributed by atoms with Gasteiger partial charge in [0.15, 0.2) is 0 Å². The minimum Gasteiger partial charge on any atom is -0.385 e. The van der Waals surface area contributed by atoms with E-state index < -0.39 is 0 Å². The van der Waals surface area contributed by atoms with Crippen LogP contribution in [0.5, 0.6) is 0 Å². The van der Waals surface area contributed by atoms with Crippen LogP contribution in [0.3, 0.4) is 0 Å². The molecule has 0 unspecified atom stereocenters. The largest absolute Gasteiger partial charge is 0.385 e. The molecule has 0 saturated carbocycles. The first-order valence-corrected chi connectivity index (χ1v) is 5.85. The molecule has 0 aliphatic heterocycles. The second kappa shape index (κ2) is 6.15. The predicted octanol–water partition coefficient (Wildman–Crippen LogP) is 2.47. The first-order chi connectivity index (χ1) is 8.42. The van der Waals surface area contributed by atoms with Crippen molar-refractivity contribution >= 4 is 16.6 Å². The smallest absolute Gasteiger partial charge is 0.0950 e. The van der Waals surface area contributed by atoms with Gasteiger partial charge in [-0.25, -0.2) is 0 Å². The maximum atomic E-state index is 5.01. The Hall–Kier alpha value is -1.68. The molecule has 0 fully saturated rings. The topological polar surface area (TPSA) is 47.0 Å². The SMILES string of the molecule is COCCCCNc1cnnc2ccccc12.